The Labute approximate surface area is 96.2 Å². The Balaban J connectivity index is 3.34. The first-order valence-corrected chi connectivity index (χ1v) is 4.43. The number of carbonyl (C=O) groups is 3. The number of hydrogen-bond donors (Lipinski definition) is 0. The number of esters is 3. The maximum atomic E-state index is 11.5. The molecule has 0 unspecified atom stereocenters. The minimum atomic E-state index is -0.889. The number of furan rings is 1. The molecule has 0 saturated carbocycles. The predicted octanol–water partition coefficient (Wildman–Crippen LogP) is 0.639. The average molecular weight is 242 g/mol. The molecule has 1 aromatic heterocycles. The molecule has 1 aromatic rings. The van der Waals surface area contributed by atoms with Gasteiger partial charge >= 0.3 is 17.9 Å². The lowest BCUT2D eigenvalue weighted by Crippen LogP contribution is -2.14. The van der Waals surface area contributed by atoms with Crippen LogP contribution in [0.2, 0.25) is 0 Å². The molecule has 0 N–H and O–H groups in total. The van der Waals surface area contributed by atoms with Crippen LogP contribution in [0.1, 0.15) is 31.3 Å². The van der Waals surface area contributed by atoms with Crippen molar-refractivity contribution in [2.24, 2.45) is 0 Å². The average Bonchev–Trinajstić information content (AvgIpc) is 2.80. The molecule has 0 aromatic carbocycles. The fourth-order valence-corrected chi connectivity index (χ4v) is 1.17. The molecule has 92 valence electrons. The Bertz CT molecular complexity index is 424. The maximum Gasteiger partial charge on any atom is 0.374 e. The monoisotopic (exact) mass is 242 g/mol. The van der Waals surface area contributed by atoms with E-state index in [-0.39, 0.29) is 11.1 Å². The van der Waals surface area contributed by atoms with Crippen molar-refractivity contribution in [3.05, 3.63) is 23.2 Å². The third-order valence-electron chi connectivity index (χ3n) is 1.96. The van der Waals surface area contributed by atoms with Gasteiger partial charge in [-0.3, -0.25) is 0 Å². The van der Waals surface area contributed by atoms with Crippen LogP contribution in [0.15, 0.2) is 10.7 Å². The van der Waals surface area contributed by atoms with Crippen LogP contribution in [0.5, 0.6) is 0 Å². The minimum Gasteiger partial charge on any atom is -0.465 e. The van der Waals surface area contributed by atoms with Gasteiger partial charge in [0.15, 0.2) is 0 Å². The van der Waals surface area contributed by atoms with Crippen molar-refractivity contribution in [1.29, 1.82) is 0 Å². The van der Waals surface area contributed by atoms with Crippen molar-refractivity contribution in [3.8, 4) is 0 Å². The van der Waals surface area contributed by atoms with Gasteiger partial charge in [0.25, 0.3) is 0 Å². The Hall–Kier alpha value is -2.31. The normalized spacial score (nSPS) is 9.59. The van der Waals surface area contributed by atoms with E-state index in [1.54, 1.807) is 0 Å². The van der Waals surface area contributed by atoms with Crippen molar-refractivity contribution in [2.45, 2.75) is 0 Å². The molecule has 0 atom stereocenters. The summed E-state index contributed by atoms with van der Waals surface area (Å²) in [7, 11) is 3.36. The molecule has 1 rings (SSSR count). The maximum absolute atomic E-state index is 11.5. The molecule has 1 heterocycles. The Kier molecular flexibility index (Phi) is 3.86. The van der Waals surface area contributed by atoms with E-state index in [0.717, 1.165) is 27.6 Å². The van der Waals surface area contributed by atoms with E-state index >= 15 is 0 Å². The quantitative estimate of drug-likeness (QED) is 0.567. The molecule has 0 radical (unpaired) electrons. The highest BCUT2D eigenvalue weighted by molar-refractivity contribution is 6.09. The second kappa shape index (κ2) is 5.15. The third-order valence-corrected chi connectivity index (χ3v) is 1.96. The largest absolute Gasteiger partial charge is 0.465 e. The van der Waals surface area contributed by atoms with E-state index in [4.69, 9.17) is 4.42 Å². The zero-order valence-corrected chi connectivity index (χ0v) is 9.44. The fraction of sp³-hybridized carbons (Fsp3) is 0.300. The molecule has 0 amide bonds. The SMILES string of the molecule is COC(=O)c1coc(C(=O)OC)c1C(=O)OC. The van der Waals surface area contributed by atoms with Gasteiger partial charge in [-0.25, -0.2) is 14.4 Å². The second-order valence-corrected chi connectivity index (χ2v) is 2.83. The number of rotatable bonds is 3. The van der Waals surface area contributed by atoms with E-state index in [9.17, 15) is 14.4 Å². The van der Waals surface area contributed by atoms with E-state index in [2.05, 4.69) is 14.2 Å². The molecule has 7 heteroatoms. The summed E-state index contributed by atoms with van der Waals surface area (Å²) >= 11 is 0. The van der Waals surface area contributed by atoms with Gasteiger partial charge in [-0.2, -0.15) is 0 Å². The van der Waals surface area contributed by atoms with E-state index in [1.807, 2.05) is 0 Å². The van der Waals surface area contributed by atoms with Gasteiger partial charge in [0.2, 0.25) is 5.76 Å². The molecule has 7 nitrogen and oxygen atoms in total. The number of ether oxygens (including phenoxy) is 3. The van der Waals surface area contributed by atoms with Gasteiger partial charge in [0.05, 0.1) is 21.3 Å². The number of carbonyl (C=O) groups excluding carboxylic acids is 3. The fourth-order valence-electron chi connectivity index (χ4n) is 1.17. The van der Waals surface area contributed by atoms with Crippen LogP contribution in [-0.2, 0) is 14.2 Å². The smallest absolute Gasteiger partial charge is 0.374 e. The van der Waals surface area contributed by atoms with Crippen LogP contribution in [0.4, 0.5) is 0 Å². The summed E-state index contributed by atoms with van der Waals surface area (Å²) in [5, 5.41) is 0. The highest BCUT2D eigenvalue weighted by Crippen LogP contribution is 2.20. The second-order valence-electron chi connectivity index (χ2n) is 2.83. The van der Waals surface area contributed by atoms with Crippen LogP contribution in [0.25, 0.3) is 0 Å². The zero-order valence-electron chi connectivity index (χ0n) is 9.44. The highest BCUT2D eigenvalue weighted by atomic mass is 16.5. The molecule has 0 spiro atoms. The Morgan fingerprint density at radius 3 is 1.94 bits per heavy atom. The van der Waals surface area contributed by atoms with Crippen LogP contribution in [0.3, 0.4) is 0 Å². The van der Waals surface area contributed by atoms with E-state index in [0.29, 0.717) is 0 Å². The predicted molar refractivity (Wildman–Crippen MR) is 52.7 cm³/mol. The summed E-state index contributed by atoms with van der Waals surface area (Å²) in [5.74, 6) is -3.00. The first kappa shape index (κ1) is 12.8. The van der Waals surface area contributed by atoms with Crippen LogP contribution in [0, 0.1) is 0 Å². The highest BCUT2D eigenvalue weighted by Gasteiger charge is 2.30. The summed E-state index contributed by atoms with van der Waals surface area (Å²) in [6, 6.07) is 0. The van der Waals surface area contributed by atoms with Gasteiger partial charge in [0.1, 0.15) is 17.4 Å². The lowest BCUT2D eigenvalue weighted by atomic mass is 10.1. The van der Waals surface area contributed by atoms with Gasteiger partial charge in [0, 0.05) is 0 Å². The van der Waals surface area contributed by atoms with Gasteiger partial charge in [-0.1, -0.05) is 0 Å². The van der Waals surface area contributed by atoms with Gasteiger partial charge in [-0.05, 0) is 0 Å². The summed E-state index contributed by atoms with van der Waals surface area (Å²) in [4.78, 5) is 34.1. The van der Waals surface area contributed by atoms with Crippen LogP contribution >= 0.6 is 0 Å². The molecular weight excluding hydrogens is 232 g/mol. The van der Waals surface area contributed by atoms with E-state index in [1.165, 1.54) is 0 Å². The molecule has 0 fully saturated rings. The first-order chi connectivity index (χ1) is 8.06. The molecule has 0 bridgehead atoms. The minimum absolute atomic E-state index is 0.195. The Morgan fingerprint density at radius 1 is 0.941 bits per heavy atom. The molecular formula is C10H10O7. The topological polar surface area (TPSA) is 92.0 Å². The summed E-state index contributed by atoms with van der Waals surface area (Å²) in [5.41, 5.74) is -0.508. The lowest BCUT2D eigenvalue weighted by molar-refractivity contribution is 0.0523. The van der Waals surface area contributed by atoms with Crippen molar-refractivity contribution in [3.63, 3.8) is 0 Å². The van der Waals surface area contributed by atoms with Gasteiger partial charge < -0.3 is 18.6 Å². The number of hydrogen-bond acceptors (Lipinski definition) is 7. The molecule has 0 aliphatic heterocycles. The number of methoxy groups -OCH3 is 3. The molecule has 0 aliphatic carbocycles. The van der Waals surface area contributed by atoms with Crippen LogP contribution in [-0.4, -0.2) is 39.2 Å². The van der Waals surface area contributed by atoms with Crippen molar-refractivity contribution in [2.75, 3.05) is 21.3 Å². The third kappa shape index (κ3) is 2.27. The van der Waals surface area contributed by atoms with Gasteiger partial charge in [-0.15, -0.1) is 0 Å². The first-order valence-electron chi connectivity index (χ1n) is 4.43. The van der Waals surface area contributed by atoms with Crippen molar-refractivity contribution in [1.82, 2.24) is 0 Å². The Morgan fingerprint density at radius 2 is 1.47 bits per heavy atom. The summed E-state index contributed by atoms with van der Waals surface area (Å²) in [6.45, 7) is 0. The van der Waals surface area contributed by atoms with Crippen LogP contribution < -0.4 is 0 Å². The summed E-state index contributed by atoms with van der Waals surface area (Å²) in [6.07, 6.45) is 0.935. The molecule has 0 aliphatic rings. The lowest BCUT2D eigenvalue weighted by Gasteiger charge is -2.01. The molecule has 17 heavy (non-hydrogen) atoms. The molecule has 0 saturated heterocycles. The van der Waals surface area contributed by atoms with Crippen molar-refractivity contribution >= 4 is 17.9 Å². The van der Waals surface area contributed by atoms with Crippen molar-refractivity contribution < 1.29 is 33.0 Å². The standard InChI is InChI=1S/C10H10O7/c1-14-8(11)5-4-17-7(10(13)16-3)6(5)9(12)15-2/h4H,1-3H3. The summed E-state index contributed by atoms with van der Waals surface area (Å²) < 4.78 is 18.1. The van der Waals surface area contributed by atoms with E-state index < -0.39 is 23.7 Å². The zero-order chi connectivity index (χ0) is 13.0.